The minimum Gasteiger partial charge on any atom is -0.478 e. The highest BCUT2D eigenvalue weighted by Crippen LogP contribution is 2.44. The van der Waals surface area contributed by atoms with Gasteiger partial charge >= 0.3 is 5.97 Å². The van der Waals surface area contributed by atoms with Gasteiger partial charge in [0.15, 0.2) is 5.79 Å². The Kier molecular flexibility index (Phi) is 3.12. The number of benzene rings is 1. The first kappa shape index (κ1) is 12.4. The first-order chi connectivity index (χ1) is 9.20. The van der Waals surface area contributed by atoms with Gasteiger partial charge in [0.2, 0.25) is 0 Å². The van der Waals surface area contributed by atoms with E-state index in [1.165, 1.54) is 11.6 Å². The van der Waals surface area contributed by atoms with Crippen molar-refractivity contribution in [3.05, 3.63) is 47.5 Å². The zero-order valence-electron chi connectivity index (χ0n) is 10.5. The quantitative estimate of drug-likeness (QED) is 0.827. The second kappa shape index (κ2) is 4.79. The van der Waals surface area contributed by atoms with Crippen LogP contribution in [0.4, 0.5) is 0 Å². The number of aliphatic carboxylic acids is 1. The van der Waals surface area contributed by atoms with E-state index >= 15 is 0 Å². The molecule has 4 nitrogen and oxygen atoms in total. The van der Waals surface area contributed by atoms with E-state index in [0.29, 0.717) is 19.6 Å². The molecule has 1 saturated heterocycles. The largest absolute Gasteiger partial charge is 0.478 e. The topological polar surface area (TPSA) is 55.8 Å². The Balaban J connectivity index is 1.94. The van der Waals surface area contributed by atoms with E-state index in [1.807, 2.05) is 18.2 Å². The number of carboxylic acid groups (broad SMARTS) is 1. The van der Waals surface area contributed by atoms with Crippen LogP contribution in [0.5, 0.6) is 0 Å². The van der Waals surface area contributed by atoms with Crippen LogP contribution in [-0.2, 0) is 26.5 Å². The molecule has 0 aromatic heterocycles. The molecule has 0 saturated carbocycles. The predicted molar refractivity (Wildman–Crippen MR) is 68.6 cm³/mol. The molecule has 1 aliphatic carbocycles. The summed E-state index contributed by atoms with van der Waals surface area (Å²) in [7, 11) is 0. The summed E-state index contributed by atoms with van der Waals surface area (Å²) in [5.74, 6) is -1.47. The lowest BCUT2D eigenvalue weighted by Crippen LogP contribution is -2.35. The maximum Gasteiger partial charge on any atom is 0.327 e. The van der Waals surface area contributed by atoms with Gasteiger partial charge in [0.25, 0.3) is 0 Å². The van der Waals surface area contributed by atoms with E-state index in [9.17, 15) is 4.79 Å². The van der Waals surface area contributed by atoms with E-state index in [1.54, 1.807) is 6.08 Å². The van der Waals surface area contributed by atoms with Crippen molar-refractivity contribution in [2.24, 2.45) is 5.92 Å². The Morgan fingerprint density at radius 3 is 2.79 bits per heavy atom. The van der Waals surface area contributed by atoms with Gasteiger partial charge in [0, 0.05) is 18.1 Å². The number of carboxylic acids is 1. The molecule has 1 unspecified atom stereocenters. The maximum absolute atomic E-state index is 10.7. The molecule has 1 aromatic rings. The molecule has 19 heavy (non-hydrogen) atoms. The number of ether oxygens (including phenoxy) is 2. The van der Waals surface area contributed by atoms with Crippen LogP contribution < -0.4 is 0 Å². The van der Waals surface area contributed by atoms with Gasteiger partial charge in [-0.1, -0.05) is 30.3 Å². The standard InChI is InChI=1S/C15H16O4/c16-14(17)6-5-11-9-12-3-1-2-4-13(12)15(10-11)18-7-8-19-15/h1-6,11H,7-10H2,(H,16,17)/b6-5+. The number of fused-ring (bicyclic) bond motifs is 2. The molecule has 1 atom stereocenters. The molecule has 1 N–H and O–H groups in total. The highest BCUT2D eigenvalue weighted by atomic mass is 16.7. The number of hydrogen-bond acceptors (Lipinski definition) is 3. The summed E-state index contributed by atoms with van der Waals surface area (Å²) in [6.45, 7) is 1.17. The van der Waals surface area contributed by atoms with Gasteiger partial charge in [-0.05, 0) is 17.9 Å². The van der Waals surface area contributed by atoms with Crippen molar-refractivity contribution >= 4 is 5.97 Å². The minimum atomic E-state index is -0.916. The average molecular weight is 260 g/mol. The Morgan fingerprint density at radius 2 is 2.05 bits per heavy atom. The average Bonchev–Trinajstić information content (AvgIpc) is 2.86. The fourth-order valence-corrected chi connectivity index (χ4v) is 2.96. The molecule has 0 bridgehead atoms. The SMILES string of the molecule is O=C(O)/C=C/C1Cc2ccccc2C2(C1)OCCO2. The molecule has 3 rings (SSSR count). The summed E-state index contributed by atoms with van der Waals surface area (Å²) in [6, 6.07) is 8.07. The van der Waals surface area contributed by atoms with E-state index < -0.39 is 11.8 Å². The minimum absolute atomic E-state index is 0.129. The molecule has 0 radical (unpaired) electrons. The summed E-state index contributed by atoms with van der Waals surface area (Å²) in [4.78, 5) is 10.7. The summed E-state index contributed by atoms with van der Waals surface area (Å²) in [5.41, 5.74) is 2.27. The van der Waals surface area contributed by atoms with E-state index in [4.69, 9.17) is 14.6 Å². The number of allylic oxidation sites excluding steroid dienone is 1. The molecule has 1 aromatic carbocycles. The lowest BCUT2D eigenvalue weighted by molar-refractivity contribution is -0.181. The third-order valence-corrected chi connectivity index (χ3v) is 3.71. The Hall–Kier alpha value is -1.65. The molecule has 0 amide bonds. The van der Waals surface area contributed by atoms with Crippen molar-refractivity contribution in [3.63, 3.8) is 0 Å². The van der Waals surface area contributed by atoms with E-state index in [0.717, 1.165) is 12.0 Å². The molecular formula is C15H16O4. The molecule has 2 aliphatic rings. The maximum atomic E-state index is 10.7. The van der Waals surface area contributed by atoms with Crippen molar-refractivity contribution in [3.8, 4) is 0 Å². The number of rotatable bonds is 2. The van der Waals surface area contributed by atoms with Crippen LogP contribution in [0.1, 0.15) is 17.5 Å². The zero-order chi connectivity index (χ0) is 13.3. The molecule has 4 heteroatoms. The molecule has 1 fully saturated rings. The lowest BCUT2D eigenvalue weighted by Gasteiger charge is -2.37. The van der Waals surface area contributed by atoms with Crippen LogP contribution in [0.3, 0.4) is 0 Å². The third kappa shape index (κ3) is 2.29. The van der Waals surface area contributed by atoms with Crippen LogP contribution in [0.25, 0.3) is 0 Å². The molecule has 1 spiro atoms. The van der Waals surface area contributed by atoms with Crippen LogP contribution in [-0.4, -0.2) is 24.3 Å². The zero-order valence-corrected chi connectivity index (χ0v) is 10.5. The van der Waals surface area contributed by atoms with Crippen molar-refractivity contribution in [2.45, 2.75) is 18.6 Å². The lowest BCUT2D eigenvalue weighted by atomic mass is 9.79. The third-order valence-electron chi connectivity index (χ3n) is 3.71. The van der Waals surface area contributed by atoms with Crippen LogP contribution >= 0.6 is 0 Å². The van der Waals surface area contributed by atoms with Crippen LogP contribution in [0.15, 0.2) is 36.4 Å². The first-order valence-corrected chi connectivity index (χ1v) is 6.47. The number of carbonyl (C=O) groups is 1. The summed E-state index contributed by atoms with van der Waals surface area (Å²) in [6.07, 6.45) is 4.45. The molecule has 1 heterocycles. The molecule has 100 valence electrons. The highest BCUT2D eigenvalue weighted by Gasteiger charge is 2.44. The Morgan fingerprint density at radius 1 is 1.32 bits per heavy atom. The highest BCUT2D eigenvalue weighted by molar-refractivity contribution is 5.79. The van der Waals surface area contributed by atoms with Crippen molar-refractivity contribution in [1.29, 1.82) is 0 Å². The second-order valence-corrected chi connectivity index (χ2v) is 4.97. The van der Waals surface area contributed by atoms with Gasteiger partial charge in [-0.2, -0.15) is 0 Å². The molecule has 1 aliphatic heterocycles. The summed E-state index contributed by atoms with van der Waals surface area (Å²) >= 11 is 0. The van der Waals surface area contributed by atoms with E-state index in [-0.39, 0.29) is 5.92 Å². The van der Waals surface area contributed by atoms with Gasteiger partial charge < -0.3 is 14.6 Å². The van der Waals surface area contributed by atoms with Crippen molar-refractivity contribution < 1.29 is 19.4 Å². The van der Waals surface area contributed by atoms with Crippen molar-refractivity contribution in [1.82, 2.24) is 0 Å². The first-order valence-electron chi connectivity index (χ1n) is 6.47. The monoisotopic (exact) mass is 260 g/mol. The van der Waals surface area contributed by atoms with Gasteiger partial charge in [0.05, 0.1) is 13.2 Å². The van der Waals surface area contributed by atoms with Gasteiger partial charge in [-0.15, -0.1) is 0 Å². The van der Waals surface area contributed by atoms with E-state index in [2.05, 4.69) is 6.07 Å². The normalized spacial score (nSPS) is 24.7. The second-order valence-electron chi connectivity index (χ2n) is 4.97. The van der Waals surface area contributed by atoms with Gasteiger partial charge in [-0.25, -0.2) is 4.79 Å². The fourth-order valence-electron chi connectivity index (χ4n) is 2.96. The smallest absolute Gasteiger partial charge is 0.327 e. The number of hydrogen-bond donors (Lipinski definition) is 1. The van der Waals surface area contributed by atoms with Gasteiger partial charge in [0.1, 0.15) is 0 Å². The van der Waals surface area contributed by atoms with Crippen LogP contribution in [0.2, 0.25) is 0 Å². The Bertz CT molecular complexity index is 515. The Labute approximate surface area is 111 Å². The summed E-state index contributed by atoms with van der Waals surface area (Å²) in [5, 5.41) is 8.75. The fraction of sp³-hybridized carbons (Fsp3) is 0.400. The molecular weight excluding hydrogens is 244 g/mol. The predicted octanol–water partition coefficient (Wildman–Crippen LogP) is 2.09. The van der Waals surface area contributed by atoms with Crippen LogP contribution in [0, 0.1) is 5.92 Å². The summed E-state index contributed by atoms with van der Waals surface area (Å²) < 4.78 is 11.7. The van der Waals surface area contributed by atoms with Crippen molar-refractivity contribution in [2.75, 3.05) is 13.2 Å². The van der Waals surface area contributed by atoms with Gasteiger partial charge in [-0.3, -0.25) is 0 Å².